The zero-order valence-electron chi connectivity index (χ0n) is 8.47. The van der Waals surface area contributed by atoms with Crippen molar-refractivity contribution in [1.29, 1.82) is 0 Å². The van der Waals surface area contributed by atoms with Crippen molar-refractivity contribution in [3.63, 3.8) is 0 Å². The minimum absolute atomic E-state index is 0.123. The Morgan fingerprint density at radius 3 is 2.40 bits per heavy atom. The Kier molecular flexibility index (Phi) is 3.24. The van der Waals surface area contributed by atoms with E-state index >= 15 is 0 Å². The molecule has 0 heterocycles. The Bertz CT molecular complexity index is 357. The van der Waals surface area contributed by atoms with Crippen LogP contribution in [0.3, 0.4) is 0 Å². The minimum atomic E-state index is -0.123. The average Bonchev–Trinajstić information content (AvgIpc) is 2.67. The van der Waals surface area contributed by atoms with Crippen molar-refractivity contribution >= 4 is 23.2 Å². The van der Waals surface area contributed by atoms with Crippen LogP contribution < -0.4 is 0 Å². The molecule has 1 aliphatic rings. The van der Waals surface area contributed by atoms with E-state index in [1.165, 1.54) is 12.8 Å². The molecule has 0 bridgehead atoms. The van der Waals surface area contributed by atoms with E-state index in [4.69, 9.17) is 23.2 Å². The van der Waals surface area contributed by atoms with Crippen LogP contribution in [0.4, 0.5) is 0 Å². The van der Waals surface area contributed by atoms with Gasteiger partial charge in [0.1, 0.15) is 0 Å². The summed E-state index contributed by atoms with van der Waals surface area (Å²) in [6.45, 7) is 0.175. The summed E-state index contributed by atoms with van der Waals surface area (Å²) < 4.78 is 0. The molecule has 1 saturated carbocycles. The van der Waals surface area contributed by atoms with E-state index in [0.717, 1.165) is 18.4 Å². The highest BCUT2D eigenvalue weighted by atomic mass is 35.5. The second-order valence-corrected chi connectivity index (χ2v) is 5.11. The molecule has 82 valence electrons. The van der Waals surface area contributed by atoms with Crippen molar-refractivity contribution in [2.24, 2.45) is 0 Å². The first-order valence-corrected chi connectivity index (χ1v) is 6.00. The highest BCUT2D eigenvalue weighted by Crippen LogP contribution is 2.43. The van der Waals surface area contributed by atoms with E-state index in [0.29, 0.717) is 10.0 Å². The summed E-state index contributed by atoms with van der Waals surface area (Å²) >= 11 is 12.0. The number of hydrogen-bond donors (Lipinski definition) is 1. The SMILES string of the molecule is OCC1(c2ccc(Cl)cc2Cl)CCCC1. The maximum atomic E-state index is 9.57. The summed E-state index contributed by atoms with van der Waals surface area (Å²) in [7, 11) is 0. The number of halogens is 2. The molecule has 1 aliphatic carbocycles. The molecule has 1 nitrogen and oxygen atoms in total. The van der Waals surface area contributed by atoms with Crippen LogP contribution in [0.2, 0.25) is 10.0 Å². The molecule has 0 aromatic heterocycles. The number of aliphatic hydroxyl groups excluding tert-OH is 1. The molecule has 0 aliphatic heterocycles. The first-order valence-electron chi connectivity index (χ1n) is 5.24. The molecule has 0 radical (unpaired) electrons. The van der Waals surface area contributed by atoms with Gasteiger partial charge in [0, 0.05) is 15.5 Å². The maximum Gasteiger partial charge on any atom is 0.0528 e. The summed E-state index contributed by atoms with van der Waals surface area (Å²) in [5, 5.41) is 10.9. The predicted molar refractivity (Wildman–Crippen MR) is 63.7 cm³/mol. The van der Waals surface area contributed by atoms with E-state index in [9.17, 15) is 5.11 Å². The normalized spacial score (nSPS) is 19.4. The predicted octanol–water partition coefficient (Wildman–Crippen LogP) is 3.80. The van der Waals surface area contributed by atoms with Gasteiger partial charge in [0.05, 0.1) is 6.61 Å². The van der Waals surface area contributed by atoms with Crippen molar-refractivity contribution in [1.82, 2.24) is 0 Å². The molecule has 1 fully saturated rings. The summed E-state index contributed by atoms with van der Waals surface area (Å²) in [5.74, 6) is 0. The maximum absolute atomic E-state index is 9.57. The second-order valence-electron chi connectivity index (χ2n) is 4.27. The van der Waals surface area contributed by atoms with Crippen LogP contribution in [-0.4, -0.2) is 11.7 Å². The molecule has 1 aromatic carbocycles. The first-order chi connectivity index (χ1) is 7.18. The number of benzene rings is 1. The molecule has 2 rings (SSSR count). The van der Waals surface area contributed by atoms with Gasteiger partial charge < -0.3 is 5.11 Å². The lowest BCUT2D eigenvalue weighted by Crippen LogP contribution is -2.27. The summed E-state index contributed by atoms with van der Waals surface area (Å²) in [5.41, 5.74) is 0.926. The van der Waals surface area contributed by atoms with E-state index < -0.39 is 0 Å². The van der Waals surface area contributed by atoms with Crippen molar-refractivity contribution in [3.8, 4) is 0 Å². The van der Waals surface area contributed by atoms with Crippen LogP contribution >= 0.6 is 23.2 Å². The van der Waals surface area contributed by atoms with Crippen molar-refractivity contribution in [2.75, 3.05) is 6.61 Å². The zero-order valence-corrected chi connectivity index (χ0v) is 9.98. The zero-order chi connectivity index (χ0) is 10.9. The van der Waals surface area contributed by atoms with Crippen LogP contribution in [0.15, 0.2) is 18.2 Å². The molecule has 0 unspecified atom stereocenters. The molecule has 3 heteroatoms. The average molecular weight is 245 g/mol. The van der Waals surface area contributed by atoms with Gasteiger partial charge in [-0.05, 0) is 30.5 Å². The van der Waals surface area contributed by atoms with Gasteiger partial charge in [-0.3, -0.25) is 0 Å². The second kappa shape index (κ2) is 4.32. The van der Waals surface area contributed by atoms with E-state index in [1.54, 1.807) is 6.07 Å². The number of aliphatic hydroxyl groups is 1. The van der Waals surface area contributed by atoms with Crippen LogP contribution in [0, 0.1) is 0 Å². The van der Waals surface area contributed by atoms with Crippen molar-refractivity contribution in [2.45, 2.75) is 31.1 Å². The third kappa shape index (κ3) is 2.01. The molecular weight excluding hydrogens is 231 g/mol. The molecule has 15 heavy (non-hydrogen) atoms. The molecule has 1 N–H and O–H groups in total. The Morgan fingerprint density at radius 1 is 1.20 bits per heavy atom. The molecular formula is C12H14Cl2O. The lowest BCUT2D eigenvalue weighted by molar-refractivity contribution is 0.196. The molecule has 0 saturated heterocycles. The fraction of sp³-hybridized carbons (Fsp3) is 0.500. The monoisotopic (exact) mass is 244 g/mol. The van der Waals surface area contributed by atoms with Crippen LogP contribution in [0.1, 0.15) is 31.2 Å². The van der Waals surface area contributed by atoms with Gasteiger partial charge in [-0.1, -0.05) is 42.1 Å². The number of hydrogen-bond acceptors (Lipinski definition) is 1. The van der Waals surface area contributed by atoms with Gasteiger partial charge in [0.2, 0.25) is 0 Å². The smallest absolute Gasteiger partial charge is 0.0528 e. The van der Waals surface area contributed by atoms with Gasteiger partial charge >= 0.3 is 0 Å². The van der Waals surface area contributed by atoms with Gasteiger partial charge in [0.15, 0.2) is 0 Å². The van der Waals surface area contributed by atoms with Crippen molar-refractivity contribution in [3.05, 3.63) is 33.8 Å². The molecule has 1 aromatic rings. The van der Waals surface area contributed by atoms with E-state index in [2.05, 4.69) is 0 Å². The quantitative estimate of drug-likeness (QED) is 0.840. The molecule has 0 spiro atoms. The summed E-state index contributed by atoms with van der Waals surface area (Å²) in [4.78, 5) is 0. The van der Waals surface area contributed by atoms with Gasteiger partial charge in [-0.2, -0.15) is 0 Å². The van der Waals surface area contributed by atoms with E-state index in [-0.39, 0.29) is 12.0 Å². The van der Waals surface area contributed by atoms with Crippen molar-refractivity contribution < 1.29 is 5.11 Å². The van der Waals surface area contributed by atoms with Crippen LogP contribution in [0.5, 0.6) is 0 Å². The fourth-order valence-corrected chi connectivity index (χ4v) is 3.09. The first kappa shape index (κ1) is 11.3. The summed E-state index contributed by atoms with van der Waals surface area (Å²) in [6, 6.07) is 5.55. The highest BCUT2D eigenvalue weighted by Gasteiger charge is 2.36. The lowest BCUT2D eigenvalue weighted by atomic mass is 9.80. The Balaban J connectivity index is 2.42. The summed E-state index contributed by atoms with van der Waals surface area (Å²) in [6.07, 6.45) is 4.37. The van der Waals surface area contributed by atoms with Gasteiger partial charge in [-0.15, -0.1) is 0 Å². The fourth-order valence-electron chi connectivity index (χ4n) is 2.48. The lowest BCUT2D eigenvalue weighted by Gasteiger charge is -2.28. The molecule has 0 atom stereocenters. The number of rotatable bonds is 2. The van der Waals surface area contributed by atoms with Crippen LogP contribution in [0.25, 0.3) is 0 Å². The van der Waals surface area contributed by atoms with Crippen LogP contribution in [-0.2, 0) is 5.41 Å². The standard InChI is InChI=1S/C12H14Cl2O/c13-9-3-4-10(11(14)7-9)12(8-15)5-1-2-6-12/h3-4,7,15H,1-2,5-6,8H2. The highest BCUT2D eigenvalue weighted by molar-refractivity contribution is 6.35. The Hall–Kier alpha value is -0.240. The third-order valence-corrected chi connectivity index (χ3v) is 3.91. The topological polar surface area (TPSA) is 20.2 Å². The van der Waals surface area contributed by atoms with Gasteiger partial charge in [-0.25, -0.2) is 0 Å². The van der Waals surface area contributed by atoms with E-state index in [1.807, 2.05) is 12.1 Å². The Morgan fingerprint density at radius 2 is 1.87 bits per heavy atom. The largest absolute Gasteiger partial charge is 0.395 e. The van der Waals surface area contributed by atoms with Gasteiger partial charge in [0.25, 0.3) is 0 Å². The third-order valence-electron chi connectivity index (χ3n) is 3.37. The Labute approximate surface area is 100 Å². The molecule has 0 amide bonds. The minimum Gasteiger partial charge on any atom is -0.395 e.